The van der Waals surface area contributed by atoms with Gasteiger partial charge in [0.15, 0.2) is 0 Å². The molecule has 0 amide bonds. The largest absolute Gasteiger partial charge is 0.375 e. The van der Waals surface area contributed by atoms with Gasteiger partial charge >= 0.3 is 0 Å². The highest BCUT2D eigenvalue weighted by molar-refractivity contribution is 5.46. The third kappa shape index (κ3) is 5.22. The van der Waals surface area contributed by atoms with Crippen molar-refractivity contribution >= 4 is 5.69 Å². The Labute approximate surface area is 106 Å². The molecule has 2 heteroatoms. The highest BCUT2D eigenvalue weighted by Gasteiger charge is 2.01. The number of hydrogen-bond acceptors (Lipinski definition) is 2. The van der Waals surface area contributed by atoms with E-state index in [-0.39, 0.29) is 0 Å². The van der Waals surface area contributed by atoms with Gasteiger partial charge in [-0.05, 0) is 43.9 Å². The summed E-state index contributed by atoms with van der Waals surface area (Å²) in [5.74, 6) is 0. The van der Waals surface area contributed by atoms with Crippen LogP contribution in [0.25, 0.3) is 0 Å². The Morgan fingerprint density at radius 1 is 1.18 bits per heavy atom. The van der Waals surface area contributed by atoms with Crippen molar-refractivity contribution < 1.29 is 0 Å². The number of rotatable bonds is 7. The molecule has 0 fully saturated rings. The van der Waals surface area contributed by atoms with Crippen LogP contribution in [0.15, 0.2) is 24.3 Å². The molecule has 1 unspecified atom stereocenters. The Morgan fingerprint density at radius 3 is 2.35 bits per heavy atom. The zero-order valence-corrected chi connectivity index (χ0v) is 11.4. The van der Waals surface area contributed by atoms with E-state index in [0.29, 0.717) is 6.04 Å². The summed E-state index contributed by atoms with van der Waals surface area (Å²) in [6.45, 7) is 5.37. The Morgan fingerprint density at radius 2 is 1.82 bits per heavy atom. The molecule has 0 saturated carbocycles. The van der Waals surface area contributed by atoms with E-state index in [2.05, 4.69) is 50.1 Å². The minimum Gasteiger partial charge on any atom is -0.375 e. The summed E-state index contributed by atoms with van der Waals surface area (Å²) in [6, 6.07) is 9.19. The van der Waals surface area contributed by atoms with E-state index < -0.39 is 0 Å². The second-order valence-corrected chi connectivity index (χ2v) is 4.91. The standard InChI is InChI=1S/C15H26N2/c1-4-14-8-10-15(11-9-14)17(3)12-6-5-7-13(2)16/h8-11,13H,4-7,12,16H2,1-3H3. The summed E-state index contributed by atoms with van der Waals surface area (Å²) in [4.78, 5) is 2.32. The molecule has 1 aromatic rings. The lowest BCUT2D eigenvalue weighted by Crippen LogP contribution is -2.20. The van der Waals surface area contributed by atoms with Crippen LogP contribution in [0.5, 0.6) is 0 Å². The van der Waals surface area contributed by atoms with Gasteiger partial charge in [0.05, 0.1) is 0 Å². The summed E-state index contributed by atoms with van der Waals surface area (Å²) in [7, 11) is 2.16. The molecule has 2 nitrogen and oxygen atoms in total. The highest BCUT2D eigenvalue weighted by Crippen LogP contribution is 2.15. The number of anilines is 1. The summed E-state index contributed by atoms with van der Waals surface area (Å²) < 4.78 is 0. The molecule has 17 heavy (non-hydrogen) atoms. The van der Waals surface area contributed by atoms with Gasteiger partial charge in [0.2, 0.25) is 0 Å². The second-order valence-electron chi connectivity index (χ2n) is 4.91. The highest BCUT2D eigenvalue weighted by atomic mass is 15.1. The minimum absolute atomic E-state index is 0.337. The van der Waals surface area contributed by atoms with Crippen molar-refractivity contribution in [2.24, 2.45) is 5.73 Å². The molecule has 0 aliphatic rings. The smallest absolute Gasteiger partial charge is 0.0363 e. The van der Waals surface area contributed by atoms with Gasteiger partial charge in [0.25, 0.3) is 0 Å². The maximum absolute atomic E-state index is 5.74. The Balaban J connectivity index is 2.33. The van der Waals surface area contributed by atoms with E-state index in [1.165, 1.54) is 24.1 Å². The van der Waals surface area contributed by atoms with Crippen molar-refractivity contribution in [3.63, 3.8) is 0 Å². The molecule has 96 valence electrons. The van der Waals surface area contributed by atoms with Crippen molar-refractivity contribution in [3.05, 3.63) is 29.8 Å². The van der Waals surface area contributed by atoms with Crippen LogP contribution in [0, 0.1) is 0 Å². The number of hydrogen-bond donors (Lipinski definition) is 1. The van der Waals surface area contributed by atoms with E-state index in [1.54, 1.807) is 0 Å². The van der Waals surface area contributed by atoms with E-state index >= 15 is 0 Å². The Hall–Kier alpha value is -1.02. The van der Waals surface area contributed by atoms with Crippen molar-refractivity contribution in [1.29, 1.82) is 0 Å². The summed E-state index contributed by atoms with van der Waals surface area (Å²) in [5, 5.41) is 0. The van der Waals surface area contributed by atoms with Gasteiger partial charge in [-0.2, -0.15) is 0 Å². The first-order valence-electron chi connectivity index (χ1n) is 6.69. The van der Waals surface area contributed by atoms with Gasteiger partial charge in [0.1, 0.15) is 0 Å². The molecular weight excluding hydrogens is 208 g/mol. The van der Waals surface area contributed by atoms with E-state index in [9.17, 15) is 0 Å². The van der Waals surface area contributed by atoms with Crippen LogP contribution < -0.4 is 10.6 Å². The van der Waals surface area contributed by atoms with Gasteiger partial charge < -0.3 is 10.6 Å². The third-order valence-corrected chi connectivity index (χ3v) is 3.19. The first-order chi connectivity index (χ1) is 8.13. The predicted octanol–water partition coefficient (Wildman–Crippen LogP) is 3.20. The van der Waals surface area contributed by atoms with Crippen molar-refractivity contribution in [2.75, 3.05) is 18.5 Å². The molecule has 0 bridgehead atoms. The van der Waals surface area contributed by atoms with Crippen molar-refractivity contribution in [3.8, 4) is 0 Å². The lowest BCUT2D eigenvalue weighted by atomic mass is 10.1. The quantitative estimate of drug-likeness (QED) is 0.734. The maximum Gasteiger partial charge on any atom is 0.0363 e. The second kappa shape index (κ2) is 7.33. The predicted molar refractivity (Wildman–Crippen MR) is 76.6 cm³/mol. The van der Waals surface area contributed by atoms with Gasteiger partial charge in [-0.25, -0.2) is 0 Å². The number of nitrogens with two attached hydrogens (primary N) is 1. The number of nitrogens with zero attached hydrogens (tertiary/aromatic N) is 1. The molecule has 2 N–H and O–H groups in total. The zero-order chi connectivity index (χ0) is 12.7. The van der Waals surface area contributed by atoms with Crippen LogP contribution >= 0.6 is 0 Å². The lowest BCUT2D eigenvalue weighted by Gasteiger charge is -2.19. The van der Waals surface area contributed by atoms with E-state index in [4.69, 9.17) is 5.73 Å². The van der Waals surface area contributed by atoms with Crippen LogP contribution in [0.1, 0.15) is 38.7 Å². The minimum atomic E-state index is 0.337. The molecular formula is C15H26N2. The van der Waals surface area contributed by atoms with Crippen LogP contribution in [-0.2, 0) is 6.42 Å². The van der Waals surface area contributed by atoms with Crippen molar-refractivity contribution in [1.82, 2.24) is 0 Å². The molecule has 0 aliphatic heterocycles. The van der Waals surface area contributed by atoms with Gasteiger partial charge in [0, 0.05) is 25.3 Å². The molecule has 1 rings (SSSR count). The molecule has 1 aromatic carbocycles. The molecule has 0 saturated heterocycles. The average molecular weight is 234 g/mol. The maximum atomic E-state index is 5.74. The van der Waals surface area contributed by atoms with Crippen molar-refractivity contribution in [2.45, 2.75) is 45.6 Å². The van der Waals surface area contributed by atoms with Gasteiger partial charge in [-0.3, -0.25) is 0 Å². The normalized spacial score (nSPS) is 12.5. The molecule has 0 heterocycles. The van der Waals surface area contributed by atoms with Gasteiger partial charge in [-0.15, -0.1) is 0 Å². The zero-order valence-electron chi connectivity index (χ0n) is 11.4. The fraction of sp³-hybridized carbons (Fsp3) is 0.600. The monoisotopic (exact) mass is 234 g/mol. The van der Waals surface area contributed by atoms with Gasteiger partial charge in [-0.1, -0.05) is 25.5 Å². The van der Waals surface area contributed by atoms with E-state index in [0.717, 1.165) is 19.4 Å². The first kappa shape index (κ1) is 14.0. The SMILES string of the molecule is CCc1ccc(N(C)CCCCC(C)N)cc1. The molecule has 0 radical (unpaired) electrons. The average Bonchev–Trinajstić information content (AvgIpc) is 2.34. The number of aryl methyl sites for hydroxylation is 1. The fourth-order valence-electron chi connectivity index (χ4n) is 1.93. The van der Waals surface area contributed by atoms with E-state index in [1.807, 2.05) is 0 Å². The number of benzene rings is 1. The van der Waals surface area contributed by atoms with Crippen LogP contribution in [0.2, 0.25) is 0 Å². The summed E-state index contributed by atoms with van der Waals surface area (Å²) in [5.41, 5.74) is 8.45. The Bertz CT molecular complexity index is 303. The van der Waals surface area contributed by atoms with Crippen LogP contribution in [0.3, 0.4) is 0 Å². The first-order valence-corrected chi connectivity index (χ1v) is 6.69. The number of unbranched alkanes of at least 4 members (excludes halogenated alkanes) is 1. The fourth-order valence-corrected chi connectivity index (χ4v) is 1.93. The lowest BCUT2D eigenvalue weighted by molar-refractivity contribution is 0.596. The topological polar surface area (TPSA) is 29.3 Å². The Kier molecular flexibility index (Phi) is 6.06. The third-order valence-electron chi connectivity index (χ3n) is 3.19. The summed E-state index contributed by atoms with van der Waals surface area (Å²) >= 11 is 0. The molecule has 0 aromatic heterocycles. The molecule has 1 atom stereocenters. The summed E-state index contributed by atoms with van der Waals surface area (Å²) in [6.07, 6.45) is 4.67. The van der Waals surface area contributed by atoms with Crippen LogP contribution in [-0.4, -0.2) is 19.6 Å². The molecule has 0 spiro atoms. The molecule has 0 aliphatic carbocycles. The van der Waals surface area contributed by atoms with Crippen LogP contribution in [0.4, 0.5) is 5.69 Å².